The molecule has 1 heterocycles. The first-order valence-corrected chi connectivity index (χ1v) is 7.81. The monoisotopic (exact) mass is 394 g/mol. The number of amides is 1. The van der Waals surface area contributed by atoms with Gasteiger partial charge in [0, 0.05) is 11.9 Å². The molecular weight excluding hydrogens is 383 g/mol. The Morgan fingerprint density at radius 3 is 2.18 bits per heavy atom. The molecule has 1 amide bonds. The van der Waals surface area contributed by atoms with E-state index < -0.39 is 40.7 Å². The van der Waals surface area contributed by atoms with Crippen molar-refractivity contribution in [2.24, 2.45) is 0 Å². The number of anilines is 1. The van der Waals surface area contributed by atoms with Crippen LogP contribution in [0.4, 0.5) is 27.6 Å². The van der Waals surface area contributed by atoms with Crippen LogP contribution in [0.3, 0.4) is 0 Å². The predicted octanol–water partition coefficient (Wildman–Crippen LogP) is 5.42. The van der Waals surface area contributed by atoms with E-state index in [4.69, 9.17) is 4.74 Å². The Kier molecular flexibility index (Phi) is 5.25. The molecule has 2 aromatic carbocycles. The Labute approximate surface area is 155 Å². The number of nitrogens with one attached hydrogen (secondary N) is 1. The number of nitrogens with zero attached hydrogens (tertiary/aromatic N) is 1. The molecule has 1 aromatic heterocycles. The van der Waals surface area contributed by atoms with Crippen molar-refractivity contribution in [2.45, 2.75) is 6.18 Å². The highest BCUT2D eigenvalue weighted by atomic mass is 19.4. The second kappa shape index (κ2) is 7.63. The van der Waals surface area contributed by atoms with Gasteiger partial charge < -0.3 is 10.1 Å². The number of hydrogen-bond acceptors (Lipinski definition) is 3. The first kappa shape index (κ1) is 19.3. The van der Waals surface area contributed by atoms with Gasteiger partial charge in [-0.1, -0.05) is 6.07 Å². The van der Waals surface area contributed by atoms with E-state index in [1.54, 1.807) is 0 Å². The van der Waals surface area contributed by atoms with Crippen LogP contribution in [0, 0.1) is 11.6 Å². The maximum absolute atomic E-state index is 13.6. The topological polar surface area (TPSA) is 51.2 Å². The Hall–Kier alpha value is -3.49. The number of alkyl halides is 3. The maximum atomic E-state index is 13.6. The van der Waals surface area contributed by atoms with Gasteiger partial charge in [-0.2, -0.15) is 13.2 Å². The lowest BCUT2D eigenvalue weighted by molar-refractivity contribution is -0.138. The molecule has 28 heavy (non-hydrogen) atoms. The van der Waals surface area contributed by atoms with Crippen molar-refractivity contribution in [3.05, 3.63) is 83.6 Å². The van der Waals surface area contributed by atoms with Crippen LogP contribution in [0.15, 0.2) is 60.8 Å². The second-order valence-electron chi connectivity index (χ2n) is 5.53. The minimum absolute atomic E-state index is 0.0271. The van der Waals surface area contributed by atoms with Gasteiger partial charge >= 0.3 is 6.18 Å². The van der Waals surface area contributed by atoms with Gasteiger partial charge in [-0.3, -0.25) is 4.79 Å². The van der Waals surface area contributed by atoms with Crippen molar-refractivity contribution < 1.29 is 31.5 Å². The Morgan fingerprint density at radius 1 is 0.929 bits per heavy atom. The molecule has 1 N–H and O–H groups in total. The summed E-state index contributed by atoms with van der Waals surface area (Å²) in [5.41, 5.74) is -1.62. The number of aromatic nitrogens is 1. The molecule has 0 saturated carbocycles. The summed E-state index contributed by atoms with van der Waals surface area (Å²) in [6, 6.07) is 10.2. The largest absolute Gasteiger partial charge is 0.438 e. The van der Waals surface area contributed by atoms with Crippen LogP contribution in [-0.4, -0.2) is 10.9 Å². The van der Waals surface area contributed by atoms with E-state index in [1.807, 2.05) is 0 Å². The quantitative estimate of drug-likeness (QED) is 0.601. The Bertz CT molecular complexity index is 984. The summed E-state index contributed by atoms with van der Waals surface area (Å²) in [4.78, 5) is 15.6. The van der Waals surface area contributed by atoms with Gasteiger partial charge in [-0.15, -0.1) is 0 Å². The third kappa shape index (κ3) is 4.25. The molecule has 4 nitrogen and oxygen atoms in total. The normalized spacial score (nSPS) is 11.2. The summed E-state index contributed by atoms with van der Waals surface area (Å²) in [7, 11) is 0. The molecule has 3 aromatic rings. The van der Waals surface area contributed by atoms with Gasteiger partial charge in [-0.25, -0.2) is 13.8 Å². The smallest absolute Gasteiger partial charge is 0.421 e. The van der Waals surface area contributed by atoms with Crippen molar-refractivity contribution in [3.8, 4) is 11.6 Å². The van der Waals surface area contributed by atoms with Gasteiger partial charge in [0.15, 0.2) is 0 Å². The second-order valence-corrected chi connectivity index (χ2v) is 5.53. The number of ether oxygens (including phenoxy) is 1. The minimum Gasteiger partial charge on any atom is -0.438 e. The first-order valence-electron chi connectivity index (χ1n) is 7.81. The van der Waals surface area contributed by atoms with E-state index in [0.29, 0.717) is 0 Å². The van der Waals surface area contributed by atoms with Crippen LogP contribution in [0.5, 0.6) is 11.6 Å². The molecule has 144 valence electrons. The SMILES string of the molecule is O=C(Nc1ccc(Oc2ncccc2C(F)(F)F)cc1)c1c(F)cccc1F. The summed E-state index contributed by atoms with van der Waals surface area (Å²) < 4.78 is 71.3. The number of carbonyl (C=O) groups is 1. The van der Waals surface area contributed by atoms with Gasteiger partial charge in [0.05, 0.1) is 0 Å². The fourth-order valence-electron chi connectivity index (χ4n) is 2.31. The van der Waals surface area contributed by atoms with E-state index in [2.05, 4.69) is 10.3 Å². The molecular formula is C19H11F5N2O2. The average molecular weight is 394 g/mol. The van der Waals surface area contributed by atoms with Crippen molar-refractivity contribution in [1.82, 2.24) is 4.98 Å². The van der Waals surface area contributed by atoms with E-state index in [0.717, 1.165) is 36.5 Å². The number of hydrogen-bond donors (Lipinski definition) is 1. The summed E-state index contributed by atoms with van der Waals surface area (Å²) in [6.45, 7) is 0. The van der Waals surface area contributed by atoms with E-state index in [9.17, 15) is 26.7 Å². The molecule has 0 fully saturated rings. The fourth-order valence-corrected chi connectivity index (χ4v) is 2.31. The zero-order chi connectivity index (χ0) is 20.3. The Balaban J connectivity index is 1.76. The third-order valence-corrected chi connectivity index (χ3v) is 3.59. The van der Waals surface area contributed by atoms with Crippen molar-refractivity contribution in [3.63, 3.8) is 0 Å². The molecule has 0 bridgehead atoms. The third-order valence-electron chi connectivity index (χ3n) is 3.59. The number of rotatable bonds is 4. The molecule has 0 atom stereocenters. The number of pyridine rings is 1. The summed E-state index contributed by atoms with van der Waals surface area (Å²) in [5, 5.41) is 2.30. The molecule has 3 rings (SSSR count). The minimum atomic E-state index is -4.64. The molecule has 9 heteroatoms. The van der Waals surface area contributed by atoms with E-state index in [1.165, 1.54) is 24.3 Å². The standard InChI is InChI=1S/C19H11F5N2O2/c20-14-4-1-5-15(21)16(14)17(27)26-11-6-8-12(9-7-11)28-18-13(19(22,23)24)3-2-10-25-18/h1-10H,(H,26,27). The lowest BCUT2D eigenvalue weighted by Gasteiger charge is -2.12. The lowest BCUT2D eigenvalue weighted by Crippen LogP contribution is -2.15. The highest BCUT2D eigenvalue weighted by Crippen LogP contribution is 2.36. The molecule has 0 aliphatic rings. The van der Waals surface area contributed by atoms with Crippen LogP contribution < -0.4 is 10.1 Å². The molecule has 0 aliphatic heterocycles. The van der Waals surface area contributed by atoms with Crippen LogP contribution in [-0.2, 0) is 6.18 Å². The molecule has 0 unspecified atom stereocenters. The zero-order valence-electron chi connectivity index (χ0n) is 13.9. The van der Waals surface area contributed by atoms with Gasteiger partial charge in [0.1, 0.15) is 28.5 Å². The zero-order valence-corrected chi connectivity index (χ0v) is 13.9. The number of halogens is 5. The van der Waals surface area contributed by atoms with Crippen molar-refractivity contribution >= 4 is 11.6 Å². The number of benzene rings is 2. The highest BCUT2D eigenvalue weighted by molar-refractivity contribution is 6.04. The average Bonchev–Trinajstić information content (AvgIpc) is 2.63. The predicted molar refractivity (Wildman–Crippen MR) is 90.1 cm³/mol. The fraction of sp³-hybridized carbons (Fsp3) is 0.0526. The Morgan fingerprint density at radius 2 is 1.57 bits per heavy atom. The van der Waals surface area contributed by atoms with Crippen LogP contribution in [0.2, 0.25) is 0 Å². The summed E-state index contributed by atoms with van der Waals surface area (Å²) in [6.07, 6.45) is -3.48. The highest BCUT2D eigenvalue weighted by Gasteiger charge is 2.35. The van der Waals surface area contributed by atoms with Crippen LogP contribution in [0.1, 0.15) is 15.9 Å². The van der Waals surface area contributed by atoms with Crippen molar-refractivity contribution in [1.29, 1.82) is 0 Å². The molecule has 0 aliphatic carbocycles. The van der Waals surface area contributed by atoms with Gasteiger partial charge in [0.25, 0.3) is 5.91 Å². The lowest BCUT2D eigenvalue weighted by atomic mass is 10.1. The van der Waals surface area contributed by atoms with Crippen molar-refractivity contribution in [2.75, 3.05) is 5.32 Å². The molecule has 0 saturated heterocycles. The van der Waals surface area contributed by atoms with Crippen LogP contribution >= 0.6 is 0 Å². The van der Waals surface area contributed by atoms with Crippen LogP contribution in [0.25, 0.3) is 0 Å². The maximum Gasteiger partial charge on any atom is 0.421 e. The first-order chi connectivity index (χ1) is 13.3. The van der Waals surface area contributed by atoms with E-state index >= 15 is 0 Å². The number of carbonyl (C=O) groups excluding carboxylic acids is 1. The summed E-state index contributed by atoms with van der Waals surface area (Å²) >= 11 is 0. The van der Waals surface area contributed by atoms with Gasteiger partial charge in [0.2, 0.25) is 5.88 Å². The van der Waals surface area contributed by atoms with E-state index in [-0.39, 0.29) is 11.4 Å². The molecule has 0 spiro atoms. The summed E-state index contributed by atoms with van der Waals surface area (Å²) in [5.74, 6) is -3.65. The van der Waals surface area contributed by atoms with Gasteiger partial charge in [-0.05, 0) is 48.5 Å². The molecule has 0 radical (unpaired) electrons.